The molecule has 0 fully saturated rings. The third-order valence-electron chi connectivity index (χ3n) is 6.07. The highest BCUT2D eigenvalue weighted by Crippen LogP contribution is 2.58. The van der Waals surface area contributed by atoms with Gasteiger partial charge < -0.3 is 26.5 Å². The summed E-state index contributed by atoms with van der Waals surface area (Å²) >= 11 is 0. The van der Waals surface area contributed by atoms with Crippen molar-refractivity contribution in [1.82, 2.24) is 0 Å². The molecule has 0 radical (unpaired) electrons. The number of benzene rings is 4. The van der Waals surface area contributed by atoms with Gasteiger partial charge in [-0.1, -0.05) is 66.7 Å². The zero-order valence-electron chi connectivity index (χ0n) is 20.9. The molecule has 5 heteroatoms. The van der Waals surface area contributed by atoms with Crippen molar-refractivity contribution in [3.05, 3.63) is 121 Å². The van der Waals surface area contributed by atoms with E-state index >= 15 is 0 Å². The Bertz CT molecular complexity index is 1130. The fraction of sp³-hybridized carbons (Fsp3) is 0.194. The van der Waals surface area contributed by atoms with Crippen molar-refractivity contribution in [2.75, 3.05) is 6.61 Å². The Morgan fingerprint density at radius 3 is 1.50 bits per heavy atom. The molecule has 0 amide bonds. The molecule has 0 aromatic heterocycles. The molecule has 0 saturated heterocycles. The van der Waals surface area contributed by atoms with Gasteiger partial charge in [0.15, 0.2) is 5.60 Å². The molecule has 0 aliphatic rings. The van der Waals surface area contributed by atoms with E-state index in [1.54, 1.807) is 20.8 Å². The van der Waals surface area contributed by atoms with Crippen molar-refractivity contribution < 1.29 is 31.2 Å². The molecule has 0 unspecified atom stereocenters. The number of esters is 1. The maximum Gasteiger partial charge on any atom is 0.349 e. The van der Waals surface area contributed by atoms with Gasteiger partial charge in [-0.05, 0) is 74.9 Å². The van der Waals surface area contributed by atoms with Gasteiger partial charge in [-0.15, -0.1) is 0 Å². The summed E-state index contributed by atoms with van der Waals surface area (Å²) in [5, 5.41) is 4.04. The van der Waals surface area contributed by atoms with Crippen molar-refractivity contribution >= 4 is 29.1 Å². The molecule has 0 heterocycles. The molecule has 0 spiro atoms. The summed E-state index contributed by atoms with van der Waals surface area (Å²) in [5.41, 5.74) is 0.169. The average molecular weight is 563 g/mol. The molecule has 0 aliphatic heterocycles. The SMILES string of the molecule is CCOC(=O)C(C)(C)Oc1ccc(C[P+](c2ccccc2)(c2ccccc2)c2ccccc2)cc1.[Br-]. The van der Waals surface area contributed by atoms with E-state index in [1.807, 2.05) is 12.1 Å². The number of rotatable bonds is 9. The van der Waals surface area contributed by atoms with Crippen LogP contribution in [0.5, 0.6) is 5.75 Å². The van der Waals surface area contributed by atoms with Gasteiger partial charge in [-0.3, -0.25) is 0 Å². The van der Waals surface area contributed by atoms with Crippen LogP contribution in [0.15, 0.2) is 115 Å². The average Bonchev–Trinajstić information content (AvgIpc) is 2.90. The predicted molar refractivity (Wildman–Crippen MR) is 147 cm³/mol. The monoisotopic (exact) mass is 562 g/mol. The Hall–Kier alpha value is -2.94. The number of ether oxygens (including phenoxy) is 2. The van der Waals surface area contributed by atoms with Crippen molar-refractivity contribution in [3.63, 3.8) is 0 Å². The smallest absolute Gasteiger partial charge is 0.349 e. The zero-order valence-corrected chi connectivity index (χ0v) is 23.4. The van der Waals surface area contributed by atoms with E-state index in [9.17, 15) is 4.79 Å². The first kappa shape index (κ1) is 27.6. The van der Waals surface area contributed by atoms with E-state index in [-0.39, 0.29) is 23.0 Å². The van der Waals surface area contributed by atoms with E-state index in [1.165, 1.54) is 21.5 Å². The van der Waals surface area contributed by atoms with Crippen LogP contribution in [-0.2, 0) is 15.7 Å². The number of hydrogen-bond acceptors (Lipinski definition) is 3. The molecule has 186 valence electrons. The second-order valence-electron chi connectivity index (χ2n) is 8.95. The van der Waals surface area contributed by atoms with Crippen LogP contribution in [0, 0.1) is 0 Å². The molecule has 0 bridgehead atoms. The minimum atomic E-state index is -1.97. The minimum Gasteiger partial charge on any atom is -1.00 e. The number of carbonyl (C=O) groups is 1. The Labute approximate surface area is 225 Å². The van der Waals surface area contributed by atoms with Gasteiger partial charge in [0.2, 0.25) is 0 Å². The van der Waals surface area contributed by atoms with Crippen LogP contribution in [0.25, 0.3) is 0 Å². The van der Waals surface area contributed by atoms with Gasteiger partial charge >= 0.3 is 5.97 Å². The third kappa shape index (κ3) is 6.06. The third-order valence-corrected chi connectivity index (χ3v) is 10.5. The topological polar surface area (TPSA) is 35.5 Å². The Morgan fingerprint density at radius 2 is 1.11 bits per heavy atom. The summed E-state index contributed by atoms with van der Waals surface area (Å²) < 4.78 is 11.1. The lowest BCUT2D eigenvalue weighted by Gasteiger charge is -2.28. The van der Waals surface area contributed by atoms with Gasteiger partial charge in [-0.25, -0.2) is 4.79 Å². The number of halogens is 1. The summed E-state index contributed by atoms with van der Waals surface area (Å²) in [7, 11) is -1.97. The van der Waals surface area contributed by atoms with Gasteiger partial charge in [0.1, 0.15) is 28.9 Å². The minimum absolute atomic E-state index is 0. The molecule has 0 atom stereocenters. The highest BCUT2D eigenvalue weighted by Gasteiger charge is 2.45. The van der Waals surface area contributed by atoms with Crippen LogP contribution in [-0.4, -0.2) is 18.2 Å². The van der Waals surface area contributed by atoms with Crippen LogP contribution < -0.4 is 37.6 Å². The molecule has 0 N–H and O–H groups in total. The van der Waals surface area contributed by atoms with Crippen LogP contribution in [0.1, 0.15) is 26.3 Å². The van der Waals surface area contributed by atoms with Crippen LogP contribution >= 0.6 is 7.26 Å². The lowest BCUT2D eigenvalue weighted by Crippen LogP contribution is -3.00. The fourth-order valence-electron chi connectivity index (χ4n) is 4.35. The molecular weight excluding hydrogens is 531 g/mol. The second-order valence-corrected chi connectivity index (χ2v) is 12.4. The number of hydrogen-bond donors (Lipinski definition) is 0. The Kier molecular flexibility index (Phi) is 9.48. The van der Waals surface area contributed by atoms with Crippen molar-refractivity contribution in [1.29, 1.82) is 0 Å². The predicted octanol–water partition coefficient (Wildman–Crippen LogP) is 2.91. The maximum absolute atomic E-state index is 12.3. The highest BCUT2D eigenvalue weighted by atomic mass is 79.9. The van der Waals surface area contributed by atoms with E-state index in [2.05, 4.69) is 103 Å². The lowest BCUT2D eigenvalue weighted by atomic mass is 10.1. The van der Waals surface area contributed by atoms with Gasteiger partial charge in [0.25, 0.3) is 0 Å². The van der Waals surface area contributed by atoms with E-state index in [0.717, 1.165) is 6.16 Å². The molecule has 4 aromatic carbocycles. The molecule has 4 aromatic rings. The maximum atomic E-state index is 12.3. The molecular formula is C31H32BrO3P. The first-order valence-corrected chi connectivity index (χ1v) is 13.9. The molecule has 4 rings (SSSR count). The van der Waals surface area contributed by atoms with Gasteiger partial charge in [0.05, 0.1) is 12.8 Å². The normalized spacial score (nSPS) is 11.3. The van der Waals surface area contributed by atoms with E-state index < -0.39 is 12.9 Å². The molecule has 3 nitrogen and oxygen atoms in total. The van der Waals surface area contributed by atoms with Gasteiger partial charge in [0, 0.05) is 0 Å². The second kappa shape index (κ2) is 12.3. The Balaban J connectivity index is 0.00000361. The quantitative estimate of drug-likeness (QED) is 0.232. The summed E-state index contributed by atoms with van der Waals surface area (Å²) in [6.07, 6.45) is 0.882. The van der Waals surface area contributed by atoms with E-state index in [0.29, 0.717) is 12.4 Å². The lowest BCUT2D eigenvalue weighted by molar-refractivity contribution is -0.158. The highest BCUT2D eigenvalue weighted by molar-refractivity contribution is 7.95. The fourth-order valence-corrected chi connectivity index (χ4v) is 8.59. The van der Waals surface area contributed by atoms with E-state index in [4.69, 9.17) is 9.47 Å². The summed E-state index contributed by atoms with van der Waals surface area (Å²) in [5.74, 6) is 0.279. The Morgan fingerprint density at radius 1 is 0.694 bits per heavy atom. The van der Waals surface area contributed by atoms with Crippen LogP contribution in [0.4, 0.5) is 0 Å². The first-order valence-electron chi connectivity index (χ1n) is 12.0. The number of carbonyl (C=O) groups excluding carboxylic acids is 1. The van der Waals surface area contributed by atoms with Crippen LogP contribution in [0.3, 0.4) is 0 Å². The summed E-state index contributed by atoms with van der Waals surface area (Å²) in [6, 6.07) is 40.7. The van der Waals surface area contributed by atoms with Crippen molar-refractivity contribution in [3.8, 4) is 5.75 Å². The molecule has 0 aliphatic carbocycles. The van der Waals surface area contributed by atoms with Crippen LogP contribution in [0.2, 0.25) is 0 Å². The zero-order chi connectivity index (χ0) is 24.7. The standard InChI is InChI=1S/C31H32O3P.BrH/c1-4-33-30(32)31(2,3)34-26-22-20-25(21-23-26)24-35(27-14-8-5-9-15-27,28-16-10-6-11-17-28)29-18-12-7-13-19-29;/h5-23H,4,24H2,1-3H3;1H/q+1;/p-1. The van der Waals surface area contributed by atoms with Crippen molar-refractivity contribution in [2.24, 2.45) is 0 Å². The first-order chi connectivity index (χ1) is 17.0. The largest absolute Gasteiger partial charge is 1.00 e. The van der Waals surface area contributed by atoms with Crippen molar-refractivity contribution in [2.45, 2.75) is 32.5 Å². The summed E-state index contributed by atoms with van der Waals surface area (Å²) in [6.45, 7) is 5.59. The van der Waals surface area contributed by atoms with Gasteiger partial charge in [-0.2, -0.15) is 0 Å². The summed E-state index contributed by atoms with van der Waals surface area (Å²) in [4.78, 5) is 12.3. The molecule has 0 saturated carbocycles. The molecule has 36 heavy (non-hydrogen) atoms.